The zero-order valence-electron chi connectivity index (χ0n) is 8.39. The first-order valence-electron chi connectivity index (χ1n) is 4.79. The fourth-order valence-corrected chi connectivity index (χ4v) is 1.62. The highest BCUT2D eigenvalue weighted by Gasteiger charge is 2.37. The number of aromatic nitrogens is 2. The van der Waals surface area contributed by atoms with E-state index in [4.69, 9.17) is 14.3 Å². The molecule has 1 aromatic heterocycles. The Labute approximate surface area is 86.3 Å². The molecule has 1 atom stereocenters. The lowest BCUT2D eigenvalue weighted by molar-refractivity contribution is -0.136. The maximum Gasteiger partial charge on any atom is 0.312 e. The summed E-state index contributed by atoms with van der Waals surface area (Å²) < 4.78 is 10.8. The predicted octanol–water partition coefficient (Wildman–Crippen LogP) is 0.722. The van der Waals surface area contributed by atoms with E-state index in [9.17, 15) is 4.79 Å². The molecule has 15 heavy (non-hydrogen) atoms. The first-order chi connectivity index (χ1) is 7.10. The predicted molar refractivity (Wildman–Crippen MR) is 48.2 cm³/mol. The normalized spacial score (nSPS) is 25.7. The van der Waals surface area contributed by atoms with Gasteiger partial charge in [-0.25, -0.2) is 0 Å². The van der Waals surface area contributed by atoms with Crippen molar-refractivity contribution in [1.82, 2.24) is 10.2 Å². The van der Waals surface area contributed by atoms with E-state index in [1.54, 1.807) is 0 Å². The molecule has 0 spiro atoms. The zero-order chi connectivity index (χ0) is 10.9. The average Bonchev–Trinajstić information content (AvgIpc) is 2.74. The molecule has 0 radical (unpaired) electrons. The van der Waals surface area contributed by atoms with Crippen LogP contribution in [0.15, 0.2) is 4.42 Å². The molecule has 82 valence electrons. The summed E-state index contributed by atoms with van der Waals surface area (Å²) in [5, 5.41) is 16.0. The number of carbonyl (C=O) groups is 1. The fraction of sp³-hybridized carbons (Fsp3) is 0.667. The van der Waals surface area contributed by atoms with Crippen LogP contribution in [0.3, 0.4) is 0 Å². The number of aliphatic carboxylic acids is 1. The topological polar surface area (TPSA) is 85.5 Å². The fourth-order valence-electron chi connectivity index (χ4n) is 1.62. The molecule has 1 saturated heterocycles. The molecule has 1 aromatic rings. The SMILES string of the molecule is CC1(c2nnc(CC(=O)O)o2)CCCO1. The molecule has 0 bridgehead atoms. The minimum atomic E-state index is -0.984. The minimum Gasteiger partial charge on any atom is -0.481 e. The standard InChI is InChI=1S/C9H12N2O4/c1-9(3-2-4-14-9)8-11-10-6(15-8)5-7(12)13/h2-5H2,1H3,(H,12,13). The number of rotatable bonds is 3. The van der Waals surface area contributed by atoms with Gasteiger partial charge in [-0.2, -0.15) is 0 Å². The number of hydrogen-bond acceptors (Lipinski definition) is 5. The largest absolute Gasteiger partial charge is 0.481 e. The third kappa shape index (κ3) is 1.99. The lowest BCUT2D eigenvalue weighted by Gasteiger charge is -2.17. The van der Waals surface area contributed by atoms with Crippen molar-refractivity contribution in [3.63, 3.8) is 0 Å². The van der Waals surface area contributed by atoms with Crippen molar-refractivity contribution >= 4 is 5.97 Å². The minimum absolute atomic E-state index is 0.120. The molecule has 1 unspecified atom stereocenters. The highest BCUT2D eigenvalue weighted by molar-refractivity contribution is 5.68. The second-order valence-electron chi connectivity index (χ2n) is 3.75. The number of nitrogens with zero attached hydrogens (tertiary/aromatic N) is 2. The summed E-state index contributed by atoms with van der Waals surface area (Å²) in [5.41, 5.74) is -0.538. The van der Waals surface area contributed by atoms with Crippen LogP contribution in [0.25, 0.3) is 0 Å². The summed E-state index contributed by atoms with van der Waals surface area (Å²) in [4.78, 5) is 10.4. The third-order valence-electron chi connectivity index (χ3n) is 2.44. The molecule has 6 heteroatoms. The van der Waals surface area contributed by atoms with E-state index in [2.05, 4.69) is 10.2 Å². The molecule has 2 heterocycles. The Morgan fingerprint density at radius 2 is 2.40 bits per heavy atom. The molecule has 1 N–H and O–H groups in total. The Hall–Kier alpha value is -1.43. The van der Waals surface area contributed by atoms with Crippen LogP contribution in [0.2, 0.25) is 0 Å². The van der Waals surface area contributed by atoms with E-state index in [0.717, 1.165) is 12.8 Å². The lowest BCUT2D eigenvalue weighted by atomic mass is 10.0. The Kier molecular flexibility index (Phi) is 2.44. The number of hydrogen-bond donors (Lipinski definition) is 1. The zero-order valence-corrected chi connectivity index (χ0v) is 8.39. The molecule has 1 aliphatic heterocycles. The van der Waals surface area contributed by atoms with Crippen LogP contribution in [-0.4, -0.2) is 27.9 Å². The Morgan fingerprint density at radius 3 is 3.00 bits per heavy atom. The van der Waals surface area contributed by atoms with E-state index in [1.165, 1.54) is 0 Å². The number of carboxylic acids is 1. The summed E-state index contributed by atoms with van der Waals surface area (Å²) in [5.74, 6) is -0.492. The second kappa shape index (κ2) is 3.62. The van der Waals surface area contributed by atoms with E-state index in [-0.39, 0.29) is 12.3 Å². The maximum absolute atomic E-state index is 10.4. The van der Waals surface area contributed by atoms with Crippen LogP contribution >= 0.6 is 0 Å². The van der Waals surface area contributed by atoms with Crippen LogP contribution in [-0.2, 0) is 21.6 Å². The van der Waals surface area contributed by atoms with Crippen molar-refractivity contribution in [3.05, 3.63) is 11.8 Å². The van der Waals surface area contributed by atoms with Gasteiger partial charge in [-0.15, -0.1) is 10.2 Å². The molecule has 2 rings (SSSR count). The third-order valence-corrected chi connectivity index (χ3v) is 2.44. The van der Waals surface area contributed by atoms with Gasteiger partial charge in [0.1, 0.15) is 12.0 Å². The van der Waals surface area contributed by atoms with Crippen LogP contribution in [0.1, 0.15) is 31.5 Å². The monoisotopic (exact) mass is 212 g/mol. The molecule has 6 nitrogen and oxygen atoms in total. The van der Waals surface area contributed by atoms with Gasteiger partial charge in [0.15, 0.2) is 0 Å². The van der Waals surface area contributed by atoms with Gasteiger partial charge in [0.2, 0.25) is 11.8 Å². The van der Waals surface area contributed by atoms with Gasteiger partial charge in [0.25, 0.3) is 0 Å². The van der Waals surface area contributed by atoms with Crippen molar-refractivity contribution in [1.29, 1.82) is 0 Å². The summed E-state index contributed by atoms with van der Waals surface area (Å²) in [6.45, 7) is 2.55. The van der Waals surface area contributed by atoms with E-state index < -0.39 is 11.6 Å². The van der Waals surface area contributed by atoms with E-state index in [1.807, 2.05) is 6.92 Å². The van der Waals surface area contributed by atoms with Crippen LogP contribution in [0.5, 0.6) is 0 Å². The van der Waals surface area contributed by atoms with E-state index in [0.29, 0.717) is 12.5 Å². The van der Waals surface area contributed by atoms with Gasteiger partial charge in [0, 0.05) is 6.61 Å². The number of carboxylic acid groups (broad SMARTS) is 1. The molecule has 0 amide bonds. The molecule has 1 aliphatic rings. The van der Waals surface area contributed by atoms with Crippen LogP contribution in [0, 0.1) is 0 Å². The van der Waals surface area contributed by atoms with Crippen molar-refractivity contribution < 1.29 is 19.1 Å². The second-order valence-corrected chi connectivity index (χ2v) is 3.75. The first-order valence-corrected chi connectivity index (χ1v) is 4.79. The molecular weight excluding hydrogens is 200 g/mol. The van der Waals surface area contributed by atoms with Gasteiger partial charge in [-0.05, 0) is 19.8 Å². The van der Waals surface area contributed by atoms with Crippen molar-refractivity contribution in [3.8, 4) is 0 Å². The summed E-state index contributed by atoms with van der Waals surface area (Å²) in [6.07, 6.45) is 1.53. The van der Waals surface area contributed by atoms with Gasteiger partial charge < -0.3 is 14.3 Å². The van der Waals surface area contributed by atoms with Gasteiger partial charge in [-0.1, -0.05) is 0 Å². The van der Waals surface area contributed by atoms with Gasteiger partial charge >= 0.3 is 5.97 Å². The molecule has 0 saturated carbocycles. The van der Waals surface area contributed by atoms with Crippen molar-refractivity contribution in [2.24, 2.45) is 0 Å². The molecule has 1 fully saturated rings. The average molecular weight is 212 g/mol. The summed E-state index contributed by atoms with van der Waals surface area (Å²) in [6, 6.07) is 0. The Balaban J connectivity index is 2.15. The van der Waals surface area contributed by atoms with Crippen LogP contribution < -0.4 is 0 Å². The maximum atomic E-state index is 10.4. The summed E-state index contributed by atoms with van der Waals surface area (Å²) in [7, 11) is 0. The first kappa shape index (κ1) is 10.1. The summed E-state index contributed by atoms with van der Waals surface area (Å²) >= 11 is 0. The van der Waals surface area contributed by atoms with Gasteiger partial charge in [0.05, 0.1) is 0 Å². The highest BCUT2D eigenvalue weighted by atomic mass is 16.5. The molecule has 0 aromatic carbocycles. The molecular formula is C9H12N2O4. The number of ether oxygens (including phenoxy) is 1. The van der Waals surface area contributed by atoms with Crippen molar-refractivity contribution in [2.45, 2.75) is 31.8 Å². The van der Waals surface area contributed by atoms with E-state index >= 15 is 0 Å². The Morgan fingerprint density at radius 1 is 1.60 bits per heavy atom. The smallest absolute Gasteiger partial charge is 0.312 e. The van der Waals surface area contributed by atoms with Crippen molar-refractivity contribution in [2.75, 3.05) is 6.61 Å². The lowest BCUT2D eigenvalue weighted by Crippen LogP contribution is -2.20. The highest BCUT2D eigenvalue weighted by Crippen LogP contribution is 2.34. The quantitative estimate of drug-likeness (QED) is 0.794. The molecule has 0 aliphatic carbocycles. The van der Waals surface area contributed by atoms with Crippen LogP contribution in [0.4, 0.5) is 0 Å². The Bertz CT molecular complexity index is 368. The van der Waals surface area contributed by atoms with Gasteiger partial charge in [-0.3, -0.25) is 4.79 Å².